The Hall–Kier alpha value is -2.05. The van der Waals surface area contributed by atoms with Gasteiger partial charge in [0.25, 0.3) is 5.91 Å². The molecule has 6 heteroatoms. The van der Waals surface area contributed by atoms with Crippen LogP contribution >= 0.6 is 11.8 Å². The molecule has 1 aromatic heterocycles. The Morgan fingerprint density at radius 3 is 2.86 bits per heavy atom. The number of hydrogen-bond acceptors (Lipinski definition) is 5. The smallest absolute Gasteiger partial charge is 0.251 e. The van der Waals surface area contributed by atoms with Crippen LogP contribution in [0.15, 0.2) is 48.8 Å². The number of piperidine rings is 1. The van der Waals surface area contributed by atoms with E-state index in [-0.39, 0.29) is 12.0 Å². The molecule has 1 atom stereocenters. The second-order valence-electron chi connectivity index (χ2n) is 7.23. The van der Waals surface area contributed by atoms with Crippen molar-refractivity contribution < 1.29 is 9.53 Å². The van der Waals surface area contributed by atoms with E-state index in [1.165, 1.54) is 5.75 Å². The van der Waals surface area contributed by atoms with E-state index in [2.05, 4.69) is 28.4 Å². The highest BCUT2D eigenvalue weighted by Crippen LogP contribution is 2.22. The molecule has 2 heterocycles. The molecule has 150 valence electrons. The van der Waals surface area contributed by atoms with E-state index in [0.29, 0.717) is 18.2 Å². The van der Waals surface area contributed by atoms with Crippen LogP contribution in [0.2, 0.25) is 0 Å². The number of hydrogen-bond donors (Lipinski definition) is 1. The van der Waals surface area contributed by atoms with Crippen LogP contribution in [0.4, 0.5) is 0 Å². The third-order valence-corrected chi connectivity index (χ3v) is 5.90. The maximum absolute atomic E-state index is 12.4. The van der Waals surface area contributed by atoms with E-state index < -0.39 is 0 Å². The van der Waals surface area contributed by atoms with E-state index in [0.717, 1.165) is 37.2 Å². The molecule has 0 aliphatic carbocycles. The van der Waals surface area contributed by atoms with Crippen LogP contribution in [-0.2, 0) is 6.54 Å². The van der Waals surface area contributed by atoms with Gasteiger partial charge in [-0.05, 0) is 55.9 Å². The molecule has 1 unspecified atom stereocenters. The summed E-state index contributed by atoms with van der Waals surface area (Å²) in [4.78, 5) is 19.1. The van der Waals surface area contributed by atoms with Crippen molar-refractivity contribution >= 4 is 17.7 Å². The van der Waals surface area contributed by atoms with Crippen LogP contribution in [0.1, 0.15) is 35.7 Å². The predicted octanol–water partition coefficient (Wildman–Crippen LogP) is 3.61. The van der Waals surface area contributed by atoms with E-state index in [4.69, 9.17) is 4.74 Å². The zero-order chi connectivity index (χ0) is 19.8. The van der Waals surface area contributed by atoms with Gasteiger partial charge in [0.05, 0.1) is 0 Å². The van der Waals surface area contributed by atoms with E-state index in [1.807, 2.05) is 48.2 Å². The van der Waals surface area contributed by atoms with Crippen LogP contribution < -0.4 is 10.1 Å². The fourth-order valence-electron chi connectivity index (χ4n) is 3.47. The van der Waals surface area contributed by atoms with E-state index in [9.17, 15) is 4.79 Å². The van der Waals surface area contributed by atoms with Crippen molar-refractivity contribution in [1.29, 1.82) is 0 Å². The maximum Gasteiger partial charge on any atom is 0.251 e. The zero-order valence-corrected chi connectivity index (χ0v) is 17.5. The van der Waals surface area contributed by atoms with Crippen LogP contribution in [0, 0.1) is 0 Å². The molecule has 1 amide bonds. The molecule has 0 saturated carbocycles. The number of likely N-dealkylation sites (tertiary alicyclic amines) is 1. The maximum atomic E-state index is 12.4. The van der Waals surface area contributed by atoms with Gasteiger partial charge in [-0.2, -0.15) is 11.8 Å². The lowest BCUT2D eigenvalue weighted by atomic mass is 10.1. The first kappa shape index (κ1) is 20.7. The van der Waals surface area contributed by atoms with Gasteiger partial charge in [0, 0.05) is 49.4 Å². The quantitative estimate of drug-likeness (QED) is 0.735. The molecule has 1 aliphatic rings. The van der Waals surface area contributed by atoms with Crippen molar-refractivity contribution in [2.75, 3.05) is 25.1 Å². The number of nitrogens with one attached hydrogen (secondary N) is 1. The number of ether oxygens (including phenoxy) is 1. The van der Waals surface area contributed by atoms with Gasteiger partial charge in [0.2, 0.25) is 0 Å². The van der Waals surface area contributed by atoms with Crippen LogP contribution in [0.5, 0.6) is 5.75 Å². The molecule has 0 radical (unpaired) electrons. The first-order chi connectivity index (χ1) is 13.7. The summed E-state index contributed by atoms with van der Waals surface area (Å²) in [5.41, 5.74) is 1.60. The molecule has 3 rings (SSSR count). The Bertz CT molecular complexity index is 748. The van der Waals surface area contributed by atoms with Crippen molar-refractivity contribution in [2.45, 2.75) is 38.5 Å². The largest absolute Gasteiger partial charge is 0.490 e. The molecular weight excluding hydrogens is 370 g/mol. The Kier molecular flexibility index (Phi) is 7.74. The van der Waals surface area contributed by atoms with Crippen molar-refractivity contribution in [3.8, 4) is 5.75 Å². The van der Waals surface area contributed by atoms with Gasteiger partial charge in [-0.1, -0.05) is 12.1 Å². The van der Waals surface area contributed by atoms with Crippen molar-refractivity contribution in [2.24, 2.45) is 0 Å². The number of benzene rings is 1. The van der Waals surface area contributed by atoms with Crippen LogP contribution in [0.25, 0.3) is 0 Å². The molecule has 1 aromatic carbocycles. The molecule has 1 N–H and O–H groups in total. The fraction of sp³-hybridized carbons (Fsp3) is 0.455. The molecule has 2 aromatic rings. The Labute approximate surface area is 171 Å². The Balaban J connectivity index is 1.50. The molecule has 5 nitrogen and oxygen atoms in total. The fourth-order valence-corrected chi connectivity index (χ4v) is 4.16. The number of pyridine rings is 1. The number of thioether (sulfide) groups is 1. The normalized spacial score (nSPS) is 16.5. The van der Waals surface area contributed by atoms with Gasteiger partial charge in [-0.3, -0.25) is 14.7 Å². The van der Waals surface area contributed by atoms with Crippen LogP contribution in [-0.4, -0.2) is 53.0 Å². The van der Waals surface area contributed by atoms with E-state index in [1.54, 1.807) is 12.4 Å². The summed E-state index contributed by atoms with van der Waals surface area (Å²) in [5.74, 6) is 1.83. The molecule has 1 aliphatic heterocycles. The number of aromatic nitrogens is 1. The van der Waals surface area contributed by atoms with Crippen LogP contribution in [0.3, 0.4) is 0 Å². The average Bonchev–Trinajstić information content (AvgIpc) is 2.73. The Morgan fingerprint density at radius 2 is 2.14 bits per heavy atom. The second kappa shape index (κ2) is 10.5. The van der Waals surface area contributed by atoms with Gasteiger partial charge < -0.3 is 10.1 Å². The topological polar surface area (TPSA) is 54.5 Å². The molecular formula is C22H29N3O2S. The first-order valence-corrected chi connectivity index (χ1v) is 11.2. The summed E-state index contributed by atoms with van der Waals surface area (Å²) in [6.07, 6.45) is 7.90. The number of carbonyl (C=O) groups excluding carboxylic acids is 1. The lowest BCUT2D eigenvalue weighted by Gasteiger charge is -2.35. The second-order valence-corrected chi connectivity index (χ2v) is 8.14. The lowest BCUT2D eigenvalue weighted by molar-refractivity contribution is 0.0849. The summed E-state index contributed by atoms with van der Waals surface area (Å²) in [7, 11) is 0. The van der Waals surface area contributed by atoms with Gasteiger partial charge >= 0.3 is 0 Å². The van der Waals surface area contributed by atoms with Crippen molar-refractivity contribution in [3.05, 3.63) is 59.9 Å². The summed E-state index contributed by atoms with van der Waals surface area (Å²) < 4.78 is 6.18. The predicted molar refractivity (Wildman–Crippen MR) is 115 cm³/mol. The standard InChI is InChI=1S/C22H29N3O2S/c1-17(16-28-2)25-11-8-20(9-12-25)27-21-7-3-6-19(13-21)22(26)24-15-18-5-4-10-23-14-18/h3-7,10,13-14,17,20H,8-9,11-12,15-16H2,1-2H3,(H,24,26). The van der Waals surface area contributed by atoms with Gasteiger partial charge in [0.1, 0.15) is 11.9 Å². The molecule has 0 bridgehead atoms. The first-order valence-electron chi connectivity index (χ1n) is 9.82. The Morgan fingerprint density at radius 1 is 1.32 bits per heavy atom. The summed E-state index contributed by atoms with van der Waals surface area (Å²) >= 11 is 1.90. The van der Waals surface area contributed by atoms with Crippen molar-refractivity contribution in [1.82, 2.24) is 15.2 Å². The molecule has 28 heavy (non-hydrogen) atoms. The highest BCUT2D eigenvalue weighted by molar-refractivity contribution is 7.98. The minimum atomic E-state index is -0.102. The highest BCUT2D eigenvalue weighted by atomic mass is 32.2. The minimum absolute atomic E-state index is 0.102. The summed E-state index contributed by atoms with van der Waals surface area (Å²) in [6, 6.07) is 11.9. The number of nitrogens with zero attached hydrogens (tertiary/aromatic N) is 2. The van der Waals surface area contributed by atoms with Gasteiger partial charge in [0.15, 0.2) is 0 Å². The zero-order valence-electron chi connectivity index (χ0n) is 16.6. The number of amides is 1. The molecule has 1 fully saturated rings. The number of carbonyl (C=O) groups is 1. The third kappa shape index (κ3) is 5.97. The van der Waals surface area contributed by atoms with Gasteiger partial charge in [-0.25, -0.2) is 0 Å². The monoisotopic (exact) mass is 399 g/mol. The van der Waals surface area contributed by atoms with E-state index >= 15 is 0 Å². The van der Waals surface area contributed by atoms with Gasteiger partial charge in [-0.15, -0.1) is 0 Å². The summed E-state index contributed by atoms with van der Waals surface area (Å²) in [5, 5.41) is 2.93. The summed E-state index contributed by atoms with van der Waals surface area (Å²) in [6.45, 7) is 4.89. The average molecular weight is 400 g/mol. The lowest BCUT2D eigenvalue weighted by Crippen LogP contribution is -2.43. The molecule has 0 spiro atoms. The third-order valence-electron chi connectivity index (χ3n) is 5.08. The van der Waals surface area contributed by atoms with Crippen molar-refractivity contribution in [3.63, 3.8) is 0 Å². The SMILES string of the molecule is CSCC(C)N1CCC(Oc2cccc(C(=O)NCc3cccnc3)c2)CC1. The minimum Gasteiger partial charge on any atom is -0.490 e. The highest BCUT2D eigenvalue weighted by Gasteiger charge is 2.23. The molecule has 1 saturated heterocycles. The number of rotatable bonds is 8.